The number of nitrogens with zero attached hydrogens (tertiary/aromatic N) is 3. The minimum absolute atomic E-state index is 0.0523. The second-order valence-corrected chi connectivity index (χ2v) is 8.41. The van der Waals surface area contributed by atoms with Crippen LogP contribution in [0.4, 0.5) is 5.69 Å². The molecule has 2 unspecified atom stereocenters. The van der Waals surface area contributed by atoms with Crippen molar-refractivity contribution in [2.75, 3.05) is 44.2 Å². The molecule has 2 aromatic carbocycles. The number of Topliss-reactive ketones (excluding diaryl/α,β-unsaturated/α-hetero) is 1. The first-order valence-electron chi connectivity index (χ1n) is 10.3. The van der Waals surface area contributed by atoms with Crippen molar-refractivity contribution >= 4 is 29.0 Å². The zero-order chi connectivity index (χ0) is 21.3. The van der Waals surface area contributed by atoms with Crippen LogP contribution in [0.25, 0.3) is 0 Å². The number of benzene rings is 2. The van der Waals surface area contributed by atoms with E-state index in [0.29, 0.717) is 23.7 Å². The van der Waals surface area contributed by atoms with Gasteiger partial charge in [0.25, 0.3) is 5.91 Å². The van der Waals surface area contributed by atoms with Gasteiger partial charge in [0.15, 0.2) is 5.78 Å². The monoisotopic (exact) mass is 427 g/mol. The Hall–Kier alpha value is -2.41. The number of amides is 1. The zero-order valence-corrected chi connectivity index (χ0v) is 17.8. The lowest BCUT2D eigenvalue weighted by Crippen LogP contribution is -2.53. The predicted octanol–water partition coefficient (Wildman–Crippen LogP) is 2.55. The molecule has 1 amide bonds. The van der Waals surface area contributed by atoms with Crippen LogP contribution in [0.1, 0.15) is 27.6 Å². The Balaban J connectivity index is 1.35. The number of anilines is 1. The van der Waals surface area contributed by atoms with E-state index < -0.39 is 6.10 Å². The number of piperazine rings is 1. The number of aliphatic hydroxyl groups excluding tert-OH is 1. The minimum atomic E-state index is -0.553. The maximum Gasteiger partial charge on any atom is 0.253 e. The number of halogens is 1. The molecule has 2 saturated heterocycles. The minimum Gasteiger partial charge on any atom is -0.390 e. The number of carbonyl (C=O) groups is 2. The quantitative estimate of drug-likeness (QED) is 0.760. The van der Waals surface area contributed by atoms with Crippen molar-refractivity contribution in [3.8, 4) is 0 Å². The molecule has 0 saturated carbocycles. The summed E-state index contributed by atoms with van der Waals surface area (Å²) in [6.45, 7) is 5.76. The molecule has 2 aliphatic heterocycles. The van der Waals surface area contributed by atoms with Crippen LogP contribution in [0.15, 0.2) is 48.5 Å². The Morgan fingerprint density at radius 2 is 1.50 bits per heavy atom. The van der Waals surface area contributed by atoms with Gasteiger partial charge in [-0.1, -0.05) is 11.6 Å². The van der Waals surface area contributed by atoms with Gasteiger partial charge in [-0.15, -0.1) is 0 Å². The van der Waals surface area contributed by atoms with E-state index in [1.54, 1.807) is 36.1 Å². The van der Waals surface area contributed by atoms with Gasteiger partial charge >= 0.3 is 0 Å². The van der Waals surface area contributed by atoms with Gasteiger partial charge in [0.2, 0.25) is 0 Å². The average molecular weight is 428 g/mol. The molecule has 2 fully saturated rings. The third-order valence-electron chi connectivity index (χ3n) is 6.06. The number of likely N-dealkylation sites (tertiary alicyclic amines) is 1. The molecule has 2 aliphatic rings. The molecule has 2 heterocycles. The second kappa shape index (κ2) is 8.76. The summed E-state index contributed by atoms with van der Waals surface area (Å²) >= 11 is 5.91. The van der Waals surface area contributed by atoms with E-state index in [1.165, 1.54) is 0 Å². The van der Waals surface area contributed by atoms with Crippen LogP contribution < -0.4 is 4.90 Å². The molecule has 30 heavy (non-hydrogen) atoms. The highest BCUT2D eigenvalue weighted by atomic mass is 35.5. The summed E-state index contributed by atoms with van der Waals surface area (Å²) in [5, 5.41) is 11.2. The lowest BCUT2D eigenvalue weighted by Gasteiger charge is -2.39. The van der Waals surface area contributed by atoms with Crippen molar-refractivity contribution in [1.29, 1.82) is 0 Å². The first kappa shape index (κ1) is 20.8. The first-order valence-corrected chi connectivity index (χ1v) is 10.6. The maximum atomic E-state index is 12.8. The van der Waals surface area contributed by atoms with Gasteiger partial charge in [0, 0.05) is 61.1 Å². The van der Waals surface area contributed by atoms with Crippen LogP contribution in [0.3, 0.4) is 0 Å². The maximum absolute atomic E-state index is 12.8. The van der Waals surface area contributed by atoms with Gasteiger partial charge in [0.05, 0.1) is 12.1 Å². The Morgan fingerprint density at radius 3 is 2.10 bits per heavy atom. The van der Waals surface area contributed by atoms with E-state index >= 15 is 0 Å². The number of β-amino-alcohol motifs (C(OH)–C–C–N with tert-alkyl or cyclic N) is 1. The Kier molecular flexibility index (Phi) is 6.09. The predicted molar refractivity (Wildman–Crippen MR) is 117 cm³/mol. The van der Waals surface area contributed by atoms with Gasteiger partial charge in [-0.05, 0) is 55.5 Å². The third kappa shape index (κ3) is 4.36. The van der Waals surface area contributed by atoms with Gasteiger partial charge in [-0.2, -0.15) is 0 Å². The number of aliphatic hydroxyl groups is 1. The number of hydrogen-bond donors (Lipinski definition) is 1. The standard InChI is InChI=1S/C23H26ClN3O3/c1-16(28)17-4-8-20(9-5-17)25-10-12-26(13-11-25)21-14-27(15-22(21)29)23(30)18-2-6-19(24)7-3-18/h2-9,21-22,29H,10-15H2,1H3. The van der Waals surface area contributed by atoms with Crippen LogP contribution in [0, 0.1) is 0 Å². The molecule has 1 N–H and O–H groups in total. The van der Waals surface area contributed by atoms with Crippen molar-refractivity contribution in [1.82, 2.24) is 9.80 Å². The molecule has 158 valence electrons. The third-order valence-corrected chi connectivity index (χ3v) is 6.31. The molecule has 4 rings (SSSR count). The van der Waals surface area contributed by atoms with Gasteiger partial charge in [-0.25, -0.2) is 0 Å². The Morgan fingerprint density at radius 1 is 0.900 bits per heavy atom. The van der Waals surface area contributed by atoms with Crippen molar-refractivity contribution < 1.29 is 14.7 Å². The van der Waals surface area contributed by atoms with Crippen LogP contribution in [0.5, 0.6) is 0 Å². The fourth-order valence-electron chi connectivity index (χ4n) is 4.29. The van der Waals surface area contributed by atoms with E-state index in [1.807, 2.05) is 24.3 Å². The second-order valence-electron chi connectivity index (χ2n) is 7.98. The zero-order valence-electron chi connectivity index (χ0n) is 17.0. The Labute approximate surface area is 181 Å². The molecule has 2 aromatic rings. The van der Waals surface area contributed by atoms with E-state index in [0.717, 1.165) is 37.4 Å². The van der Waals surface area contributed by atoms with E-state index in [4.69, 9.17) is 11.6 Å². The smallest absolute Gasteiger partial charge is 0.253 e. The average Bonchev–Trinajstić information content (AvgIpc) is 3.15. The molecule has 0 aromatic heterocycles. The largest absolute Gasteiger partial charge is 0.390 e. The van der Waals surface area contributed by atoms with E-state index in [-0.39, 0.29) is 17.7 Å². The number of ketones is 1. The molecule has 6 nitrogen and oxygen atoms in total. The molecule has 0 spiro atoms. The van der Waals surface area contributed by atoms with Crippen LogP contribution >= 0.6 is 11.6 Å². The van der Waals surface area contributed by atoms with Gasteiger partial charge in [0.1, 0.15) is 0 Å². The fourth-order valence-corrected chi connectivity index (χ4v) is 4.41. The van der Waals surface area contributed by atoms with Crippen LogP contribution in [0.2, 0.25) is 5.02 Å². The normalized spacial score (nSPS) is 22.4. The summed E-state index contributed by atoms with van der Waals surface area (Å²) in [4.78, 5) is 30.5. The molecule has 7 heteroatoms. The summed E-state index contributed by atoms with van der Waals surface area (Å²) in [7, 11) is 0. The summed E-state index contributed by atoms with van der Waals surface area (Å²) in [5.74, 6) is -0.00305. The van der Waals surface area contributed by atoms with Crippen LogP contribution in [-0.4, -0.2) is 78.0 Å². The van der Waals surface area contributed by atoms with Gasteiger partial charge in [-0.3, -0.25) is 14.5 Å². The molecule has 0 radical (unpaired) electrons. The van der Waals surface area contributed by atoms with Crippen LogP contribution in [-0.2, 0) is 0 Å². The van der Waals surface area contributed by atoms with Gasteiger partial charge < -0.3 is 14.9 Å². The SMILES string of the molecule is CC(=O)c1ccc(N2CCN(C3CN(C(=O)c4ccc(Cl)cc4)CC3O)CC2)cc1. The van der Waals surface area contributed by atoms with Crippen molar-refractivity contribution in [3.05, 3.63) is 64.7 Å². The number of rotatable bonds is 4. The van der Waals surface area contributed by atoms with Crippen molar-refractivity contribution in [2.24, 2.45) is 0 Å². The molecule has 0 aliphatic carbocycles. The molecular weight excluding hydrogens is 402 g/mol. The molecule has 0 bridgehead atoms. The highest BCUT2D eigenvalue weighted by Crippen LogP contribution is 2.23. The van der Waals surface area contributed by atoms with Crippen molar-refractivity contribution in [2.45, 2.75) is 19.1 Å². The summed E-state index contributed by atoms with van der Waals surface area (Å²) in [5.41, 5.74) is 2.41. The summed E-state index contributed by atoms with van der Waals surface area (Å²) < 4.78 is 0. The lowest BCUT2D eigenvalue weighted by atomic mass is 10.1. The number of carbonyl (C=O) groups excluding carboxylic acids is 2. The molecular formula is C23H26ClN3O3. The van der Waals surface area contributed by atoms with Crippen molar-refractivity contribution in [3.63, 3.8) is 0 Å². The lowest BCUT2D eigenvalue weighted by molar-refractivity contribution is 0.0754. The summed E-state index contributed by atoms with van der Waals surface area (Å²) in [6, 6.07) is 14.5. The highest BCUT2D eigenvalue weighted by Gasteiger charge is 2.38. The van der Waals surface area contributed by atoms with E-state index in [9.17, 15) is 14.7 Å². The first-order chi connectivity index (χ1) is 14.4. The highest BCUT2D eigenvalue weighted by molar-refractivity contribution is 6.30. The fraction of sp³-hybridized carbons (Fsp3) is 0.391. The Bertz CT molecular complexity index is 908. The number of hydrogen-bond acceptors (Lipinski definition) is 5. The molecule has 2 atom stereocenters. The summed E-state index contributed by atoms with van der Waals surface area (Å²) in [6.07, 6.45) is -0.553. The van der Waals surface area contributed by atoms with E-state index in [2.05, 4.69) is 9.80 Å². The topological polar surface area (TPSA) is 64.1 Å².